The van der Waals surface area contributed by atoms with Crippen LogP contribution in [0.3, 0.4) is 0 Å². The zero-order valence-corrected chi connectivity index (χ0v) is 10.6. The van der Waals surface area contributed by atoms with Gasteiger partial charge in [-0.2, -0.15) is 0 Å². The van der Waals surface area contributed by atoms with Gasteiger partial charge < -0.3 is 10.2 Å². The number of hydrogen-bond acceptors (Lipinski definition) is 2. The third-order valence-electron chi connectivity index (χ3n) is 4.40. The van der Waals surface area contributed by atoms with E-state index in [9.17, 15) is 4.79 Å². The third-order valence-corrected chi connectivity index (χ3v) is 4.40. The summed E-state index contributed by atoms with van der Waals surface area (Å²) in [6, 6.07) is 0. The fourth-order valence-electron chi connectivity index (χ4n) is 3.08. The van der Waals surface area contributed by atoms with Gasteiger partial charge in [0.2, 0.25) is 5.91 Å². The smallest absolute Gasteiger partial charge is 0.228 e. The molecule has 0 radical (unpaired) electrons. The molecule has 0 aromatic carbocycles. The van der Waals surface area contributed by atoms with Crippen LogP contribution in [0.1, 0.15) is 39.5 Å². The summed E-state index contributed by atoms with van der Waals surface area (Å²) in [7, 11) is 0. The van der Waals surface area contributed by atoms with Crippen LogP contribution >= 0.6 is 0 Å². The van der Waals surface area contributed by atoms with Gasteiger partial charge in [-0.05, 0) is 44.7 Å². The van der Waals surface area contributed by atoms with E-state index in [1.54, 1.807) is 0 Å². The topological polar surface area (TPSA) is 32.3 Å². The van der Waals surface area contributed by atoms with E-state index in [2.05, 4.69) is 24.1 Å². The molecule has 2 fully saturated rings. The number of hydrogen-bond donors (Lipinski definition) is 1. The van der Waals surface area contributed by atoms with Crippen LogP contribution in [0, 0.1) is 11.3 Å². The van der Waals surface area contributed by atoms with Crippen molar-refractivity contribution in [2.45, 2.75) is 39.5 Å². The Morgan fingerprint density at radius 3 is 2.62 bits per heavy atom. The molecule has 0 saturated carbocycles. The third kappa shape index (κ3) is 2.10. The Morgan fingerprint density at radius 2 is 2.12 bits per heavy atom. The van der Waals surface area contributed by atoms with Gasteiger partial charge in [0.25, 0.3) is 0 Å². The van der Waals surface area contributed by atoms with Crippen LogP contribution in [-0.2, 0) is 4.79 Å². The normalized spacial score (nSPS) is 29.4. The van der Waals surface area contributed by atoms with E-state index in [4.69, 9.17) is 0 Å². The van der Waals surface area contributed by atoms with Gasteiger partial charge in [0, 0.05) is 13.1 Å². The molecular formula is C13H24N2O. The summed E-state index contributed by atoms with van der Waals surface area (Å²) in [4.78, 5) is 14.7. The number of carbonyl (C=O) groups is 1. The van der Waals surface area contributed by atoms with Crippen molar-refractivity contribution in [3.8, 4) is 0 Å². The highest BCUT2D eigenvalue weighted by Gasteiger charge is 2.41. The molecular weight excluding hydrogens is 200 g/mol. The molecule has 2 heterocycles. The van der Waals surface area contributed by atoms with E-state index in [1.807, 2.05) is 0 Å². The van der Waals surface area contributed by atoms with E-state index in [-0.39, 0.29) is 5.41 Å². The number of nitrogens with zero attached hydrogens (tertiary/aromatic N) is 1. The van der Waals surface area contributed by atoms with Crippen molar-refractivity contribution in [3.63, 3.8) is 0 Å². The Hall–Kier alpha value is -0.570. The first-order valence-corrected chi connectivity index (χ1v) is 6.68. The lowest BCUT2D eigenvalue weighted by Gasteiger charge is -2.38. The minimum absolute atomic E-state index is 0.0463. The highest BCUT2D eigenvalue weighted by atomic mass is 16.2. The summed E-state index contributed by atoms with van der Waals surface area (Å²) in [5, 5.41) is 3.36. The molecule has 3 heteroatoms. The number of rotatable bonds is 2. The van der Waals surface area contributed by atoms with E-state index >= 15 is 0 Å². The van der Waals surface area contributed by atoms with E-state index in [0.29, 0.717) is 11.8 Å². The van der Waals surface area contributed by atoms with Crippen LogP contribution in [0.5, 0.6) is 0 Å². The molecule has 0 spiro atoms. The SMILES string of the molecule is CCC1(C(=O)N2CCC(C)C2)CCNCC1. The standard InChI is InChI=1S/C13H24N2O/c1-3-13(5-7-14-8-6-13)12(16)15-9-4-11(2)10-15/h11,14H,3-10H2,1-2H3. The van der Waals surface area contributed by atoms with Crippen molar-refractivity contribution in [1.82, 2.24) is 10.2 Å². The van der Waals surface area contributed by atoms with Crippen molar-refractivity contribution < 1.29 is 4.79 Å². The molecule has 1 amide bonds. The number of piperidine rings is 1. The average Bonchev–Trinajstić information content (AvgIpc) is 2.76. The molecule has 0 bridgehead atoms. The predicted molar refractivity (Wildman–Crippen MR) is 65.2 cm³/mol. The largest absolute Gasteiger partial charge is 0.342 e. The average molecular weight is 224 g/mol. The van der Waals surface area contributed by atoms with Crippen molar-refractivity contribution in [2.24, 2.45) is 11.3 Å². The number of amides is 1. The molecule has 92 valence electrons. The summed E-state index contributed by atoms with van der Waals surface area (Å²) in [5.74, 6) is 1.13. The Kier molecular flexibility index (Phi) is 3.53. The predicted octanol–water partition coefficient (Wildman–Crippen LogP) is 1.63. The molecule has 0 aromatic rings. The first kappa shape index (κ1) is 11.9. The van der Waals surface area contributed by atoms with E-state index in [1.165, 1.54) is 6.42 Å². The van der Waals surface area contributed by atoms with E-state index < -0.39 is 0 Å². The first-order chi connectivity index (χ1) is 7.68. The lowest BCUT2D eigenvalue weighted by molar-refractivity contribution is -0.143. The fourth-order valence-corrected chi connectivity index (χ4v) is 3.08. The summed E-state index contributed by atoms with van der Waals surface area (Å²) in [5.41, 5.74) is -0.0463. The molecule has 3 nitrogen and oxygen atoms in total. The molecule has 2 rings (SSSR count). The minimum atomic E-state index is -0.0463. The summed E-state index contributed by atoms with van der Waals surface area (Å²) < 4.78 is 0. The zero-order chi connectivity index (χ0) is 11.6. The number of nitrogens with one attached hydrogen (secondary N) is 1. The van der Waals surface area contributed by atoms with Gasteiger partial charge in [0.1, 0.15) is 0 Å². The van der Waals surface area contributed by atoms with Crippen LogP contribution < -0.4 is 5.32 Å². The molecule has 2 aliphatic rings. The Morgan fingerprint density at radius 1 is 1.44 bits per heavy atom. The highest BCUT2D eigenvalue weighted by molar-refractivity contribution is 5.83. The van der Waals surface area contributed by atoms with Crippen molar-refractivity contribution in [2.75, 3.05) is 26.2 Å². The zero-order valence-electron chi connectivity index (χ0n) is 10.6. The minimum Gasteiger partial charge on any atom is -0.342 e. The lowest BCUT2D eigenvalue weighted by Crippen LogP contribution is -2.48. The van der Waals surface area contributed by atoms with Crippen LogP contribution in [0.25, 0.3) is 0 Å². The van der Waals surface area contributed by atoms with Gasteiger partial charge >= 0.3 is 0 Å². The molecule has 1 unspecified atom stereocenters. The summed E-state index contributed by atoms with van der Waals surface area (Å²) >= 11 is 0. The Bertz CT molecular complexity index is 259. The van der Waals surface area contributed by atoms with Gasteiger partial charge in [-0.25, -0.2) is 0 Å². The molecule has 1 N–H and O–H groups in total. The molecule has 2 aliphatic heterocycles. The maximum atomic E-state index is 12.6. The Balaban J connectivity index is 2.05. The maximum Gasteiger partial charge on any atom is 0.228 e. The quantitative estimate of drug-likeness (QED) is 0.773. The molecule has 16 heavy (non-hydrogen) atoms. The summed E-state index contributed by atoms with van der Waals surface area (Å²) in [6.07, 6.45) is 4.22. The van der Waals surface area contributed by atoms with Gasteiger partial charge in [-0.15, -0.1) is 0 Å². The molecule has 1 atom stereocenters. The lowest BCUT2D eigenvalue weighted by atomic mass is 9.75. The van der Waals surface area contributed by atoms with Crippen molar-refractivity contribution in [1.29, 1.82) is 0 Å². The maximum absolute atomic E-state index is 12.6. The van der Waals surface area contributed by atoms with Crippen LogP contribution in [0.4, 0.5) is 0 Å². The van der Waals surface area contributed by atoms with Crippen molar-refractivity contribution in [3.05, 3.63) is 0 Å². The Labute approximate surface area is 98.6 Å². The van der Waals surface area contributed by atoms with Gasteiger partial charge in [-0.1, -0.05) is 13.8 Å². The van der Waals surface area contributed by atoms with Gasteiger partial charge in [0.05, 0.1) is 5.41 Å². The van der Waals surface area contributed by atoms with Crippen molar-refractivity contribution >= 4 is 5.91 Å². The first-order valence-electron chi connectivity index (χ1n) is 6.68. The van der Waals surface area contributed by atoms with Crippen LogP contribution in [0.15, 0.2) is 0 Å². The molecule has 0 aliphatic carbocycles. The van der Waals surface area contributed by atoms with Crippen LogP contribution in [0.2, 0.25) is 0 Å². The highest BCUT2D eigenvalue weighted by Crippen LogP contribution is 2.36. The summed E-state index contributed by atoms with van der Waals surface area (Å²) in [6.45, 7) is 8.38. The second-order valence-corrected chi connectivity index (χ2v) is 5.53. The monoisotopic (exact) mass is 224 g/mol. The second kappa shape index (κ2) is 4.74. The van der Waals surface area contributed by atoms with Gasteiger partial charge in [0.15, 0.2) is 0 Å². The second-order valence-electron chi connectivity index (χ2n) is 5.53. The molecule has 2 saturated heterocycles. The number of carbonyl (C=O) groups excluding carboxylic acids is 1. The number of likely N-dealkylation sites (tertiary alicyclic amines) is 1. The van der Waals surface area contributed by atoms with Gasteiger partial charge in [-0.3, -0.25) is 4.79 Å². The van der Waals surface area contributed by atoms with E-state index in [0.717, 1.165) is 45.4 Å². The fraction of sp³-hybridized carbons (Fsp3) is 0.923. The molecule has 0 aromatic heterocycles. The van der Waals surface area contributed by atoms with Crippen LogP contribution in [-0.4, -0.2) is 37.0 Å².